The predicted molar refractivity (Wildman–Crippen MR) is 86.9 cm³/mol. The van der Waals surface area contributed by atoms with Crippen molar-refractivity contribution in [3.63, 3.8) is 0 Å². The molecule has 4 rings (SSSR count). The number of halogens is 1. The van der Waals surface area contributed by atoms with Gasteiger partial charge in [0.2, 0.25) is 0 Å². The first kappa shape index (κ1) is 14.0. The van der Waals surface area contributed by atoms with Crippen molar-refractivity contribution in [2.75, 3.05) is 7.11 Å². The number of hydrogen-bond donors (Lipinski definition) is 1. The molecule has 0 saturated heterocycles. The molecule has 0 aliphatic heterocycles. The Morgan fingerprint density at radius 1 is 0.870 bits per heavy atom. The fourth-order valence-electron chi connectivity index (χ4n) is 3.37. The van der Waals surface area contributed by atoms with Gasteiger partial charge in [-0.3, -0.25) is 0 Å². The predicted octanol–water partition coefficient (Wildman–Crippen LogP) is 4.10. The second-order valence-electron chi connectivity index (χ2n) is 5.67. The van der Waals surface area contributed by atoms with Gasteiger partial charge in [0.15, 0.2) is 0 Å². The van der Waals surface area contributed by atoms with Crippen molar-refractivity contribution >= 4 is 0 Å². The van der Waals surface area contributed by atoms with E-state index in [9.17, 15) is 9.50 Å². The van der Waals surface area contributed by atoms with Gasteiger partial charge in [-0.2, -0.15) is 0 Å². The molecule has 1 atom stereocenters. The summed E-state index contributed by atoms with van der Waals surface area (Å²) in [6, 6.07) is 19.4. The van der Waals surface area contributed by atoms with Gasteiger partial charge in [-0.15, -0.1) is 0 Å². The number of benzene rings is 3. The van der Waals surface area contributed by atoms with Crippen molar-refractivity contribution in [3.05, 3.63) is 89.2 Å². The minimum absolute atomic E-state index is 0.321. The lowest BCUT2D eigenvalue weighted by atomic mass is 9.84. The number of fused-ring (bicyclic) bond motifs is 3. The summed E-state index contributed by atoms with van der Waals surface area (Å²) in [7, 11) is 1.62. The molecule has 0 aromatic heterocycles. The second kappa shape index (κ2) is 4.93. The Hall–Kier alpha value is -2.65. The Labute approximate surface area is 133 Å². The number of hydrogen-bond acceptors (Lipinski definition) is 2. The second-order valence-corrected chi connectivity index (χ2v) is 5.67. The molecule has 0 saturated carbocycles. The molecule has 0 amide bonds. The monoisotopic (exact) mass is 306 g/mol. The van der Waals surface area contributed by atoms with Crippen molar-refractivity contribution in [3.8, 4) is 16.9 Å². The summed E-state index contributed by atoms with van der Waals surface area (Å²) in [5, 5.41) is 11.6. The van der Waals surface area contributed by atoms with Crippen LogP contribution in [0.4, 0.5) is 4.39 Å². The SMILES string of the molecule is COc1ccc2c(c1)-c1ccccc1[C@]2(O)c1ccc(F)cc1. The van der Waals surface area contributed by atoms with Crippen LogP contribution in [0.25, 0.3) is 11.1 Å². The number of methoxy groups -OCH3 is 1. The molecule has 0 unspecified atom stereocenters. The minimum Gasteiger partial charge on any atom is -0.497 e. The smallest absolute Gasteiger partial charge is 0.141 e. The quantitative estimate of drug-likeness (QED) is 0.772. The molecule has 23 heavy (non-hydrogen) atoms. The van der Waals surface area contributed by atoms with E-state index in [0.29, 0.717) is 5.56 Å². The third-order valence-electron chi connectivity index (χ3n) is 4.49. The normalized spacial score (nSPS) is 18.4. The largest absolute Gasteiger partial charge is 0.497 e. The molecule has 3 heteroatoms. The van der Waals surface area contributed by atoms with E-state index in [4.69, 9.17) is 4.74 Å². The molecule has 3 aromatic rings. The lowest BCUT2D eigenvalue weighted by molar-refractivity contribution is 0.130. The van der Waals surface area contributed by atoms with E-state index in [1.165, 1.54) is 12.1 Å². The molecule has 2 nitrogen and oxygen atoms in total. The van der Waals surface area contributed by atoms with E-state index in [0.717, 1.165) is 28.0 Å². The van der Waals surface area contributed by atoms with Crippen molar-refractivity contribution in [1.82, 2.24) is 0 Å². The zero-order chi connectivity index (χ0) is 16.0. The average Bonchev–Trinajstić information content (AvgIpc) is 2.86. The van der Waals surface area contributed by atoms with E-state index < -0.39 is 5.60 Å². The van der Waals surface area contributed by atoms with Gasteiger partial charge in [-0.05, 0) is 41.0 Å². The van der Waals surface area contributed by atoms with Crippen LogP contribution in [-0.4, -0.2) is 12.2 Å². The van der Waals surface area contributed by atoms with Crippen LogP contribution in [0.2, 0.25) is 0 Å². The Balaban J connectivity index is 2.03. The standard InChI is InChI=1S/C20H15FO2/c1-23-15-10-11-19-17(12-15)16-4-2-3-5-18(16)20(19,22)13-6-8-14(21)9-7-13/h2-12,22H,1H3/t20-/m1/s1. The maximum atomic E-state index is 13.3. The van der Waals surface area contributed by atoms with E-state index >= 15 is 0 Å². The molecular formula is C20H15FO2. The minimum atomic E-state index is -1.29. The van der Waals surface area contributed by atoms with Gasteiger partial charge in [0.25, 0.3) is 0 Å². The average molecular weight is 306 g/mol. The maximum Gasteiger partial charge on any atom is 0.141 e. The van der Waals surface area contributed by atoms with Gasteiger partial charge in [-0.25, -0.2) is 4.39 Å². The number of aliphatic hydroxyl groups is 1. The van der Waals surface area contributed by atoms with Crippen LogP contribution in [0, 0.1) is 5.82 Å². The molecule has 0 spiro atoms. The lowest BCUT2D eigenvalue weighted by Gasteiger charge is -2.26. The number of ether oxygens (including phenoxy) is 1. The van der Waals surface area contributed by atoms with E-state index in [-0.39, 0.29) is 5.82 Å². The van der Waals surface area contributed by atoms with Crippen LogP contribution in [0.5, 0.6) is 5.75 Å². The first-order chi connectivity index (χ1) is 11.1. The molecule has 1 aliphatic rings. The zero-order valence-corrected chi connectivity index (χ0v) is 12.6. The Morgan fingerprint density at radius 2 is 1.57 bits per heavy atom. The molecule has 3 aromatic carbocycles. The van der Waals surface area contributed by atoms with Gasteiger partial charge in [0, 0.05) is 11.1 Å². The Bertz CT molecular complexity index is 886. The molecule has 114 valence electrons. The highest BCUT2D eigenvalue weighted by molar-refractivity contribution is 5.83. The highest BCUT2D eigenvalue weighted by Gasteiger charge is 2.43. The molecule has 0 fully saturated rings. The van der Waals surface area contributed by atoms with E-state index in [1.54, 1.807) is 19.2 Å². The first-order valence-electron chi connectivity index (χ1n) is 7.41. The van der Waals surface area contributed by atoms with Crippen LogP contribution >= 0.6 is 0 Å². The summed E-state index contributed by atoms with van der Waals surface area (Å²) >= 11 is 0. The zero-order valence-electron chi connectivity index (χ0n) is 12.6. The van der Waals surface area contributed by atoms with Crippen molar-refractivity contribution < 1.29 is 14.2 Å². The highest BCUT2D eigenvalue weighted by Crippen LogP contribution is 2.51. The van der Waals surface area contributed by atoms with Crippen molar-refractivity contribution in [1.29, 1.82) is 0 Å². The molecular weight excluding hydrogens is 291 g/mol. The van der Waals surface area contributed by atoms with Gasteiger partial charge in [-0.1, -0.05) is 42.5 Å². The van der Waals surface area contributed by atoms with Crippen LogP contribution < -0.4 is 4.74 Å². The Morgan fingerprint density at radius 3 is 2.30 bits per heavy atom. The molecule has 1 N–H and O–H groups in total. The molecule has 0 radical (unpaired) electrons. The van der Waals surface area contributed by atoms with Gasteiger partial charge in [0.05, 0.1) is 7.11 Å². The summed E-state index contributed by atoms with van der Waals surface area (Å²) in [6.45, 7) is 0. The summed E-state index contributed by atoms with van der Waals surface area (Å²) in [5.41, 5.74) is 2.85. The third-order valence-corrected chi connectivity index (χ3v) is 4.49. The van der Waals surface area contributed by atoms with Gasteiger partial charge in [0.1, 0.15) is 17.2 Å². The topological polar surface area (TPSA) is 29.5 Å². The first-order valence-corrected chi connectivity index (χ1v) is 7.41. The fraction of sp³-hybridized carbons (Fsp3) is 0.100. The lowest BCUT2D eigenvalue weighted by Crippen LogP contribution is -2.26. The summed E-state index contributed by atoms with van der Waals surface area (Å²) < 4.78 is 18.6. The van der Waals surface area contributed by atoms with Crippen molar-refractivity contribution in [2.45, 2.75) is 5.60 Å². The maximum absolute atomic E-state index is 13.3. The molecule has 0 heterocycles. The van der Waals surface area contributed by atoms with Gasteiger partial charge >= 0.3 is 0 Å². The fourth-order valence-corrected chi connectivity index (χ4v) is 3.37. The molecule has 1 aliphatic carbocycles. The van der Waals surface area contributed by atoms with E-state index in [1.807, 2.05) is 42.5 Å². The number of rotatable bonds is 2. The highest BCUT2D eigenvalue weighted by atomic mass is 19.1. The van der Waals surface area contributed by atoms with Crippen LogP contribution in [-0.2, 0) is 5.60 Å². The summed E-state index contributed by atoms with van der Waals surface area (Å²) in [6.07, 6.45) is 0. The van der Waals surface area contributed by atoms with Crippen molar-refractivity contribution in [2.24, 2.45) is 0 Å². The summed E-state index contributed by atoms with van der Waals surface area (Å²) in [5.74, 6) is 0.417. The molecule has 0 bridgehead atoms. The third kappa shape index (κ3) is 1.90. The van der Waals surface area contributed by atoms with Crippen LogP contribution in [0.1, 0.15) is 16.7 Å². The Kier molecular flexibility index (Phi) is 3.00. The summed E-state index contributed by atoms with van der Waals surface area (Å²) in [4.78, 5) is 0. The van der Waals surface area contributed by atoms with Gasteiger partial charge < -0.3 is 9.84 Å². The van der Waals surface area contributed by atoms with Crippen LogP contribution in [0.3, 0.4) is 0 Å². The van der Waals surface area contributed by atoms with E-state index in [2.05, 4.69) is 0 Å². The van der Waals surface area contributed by atoms with Crippen LogP contribution in [0.15, 0.2) is 66.7 Å².